The van der Waals surface area contributed by atoms with Gasteiger partial charge in [-0.05, 0) is 31.2 Å². The zero-order chi connectivity index (χ0) is 13.0. The Morgan fingerprint density at radius 1 is 1.22 bits per heavy atom. The molecule has 3 nitrogen and oxygen atoms in total. The number of pyridine rings is 1. The Morgan fingerprint density at radius 3 is 2.61 bits per heavy atom. The SMILES string of the molecule is CC(NC(=O)c1ccccc1S)c1ccccn1. The Bertz CT molecular complexity index is 543. The molecule has 0 aliphatic heterocycles. The predicted molar refractivity (Wildman–Crippen MR) is 73.8 cm³/mol. The van der Waals surface area contributed by atoms with Gasteiger partial charge in [0.05, 0.1) is 17.3 Å². The van der Waals surface area contributed by atoms with E-state index in [1.165, 1.54) is 0 Å². The van der Waals surface area contributed by atoms with E-state index in [0.29, 0.717) is 10.5 Å². The highest BCUT2D eigenvalue weighted by Crippen LogP contribution is 2.15. The van der Waals surface area contributed by atoms with Crippen LogP contribution in [0, 0.1) is 0 Å². The van der Waals surface area contributed by atoms with Gasteiger partial charge in [0, 0.05) is 11.1 Å². The van der Waals surface area contributed by atoms with Crippen molar-refractivity contribution in [3.63, 3.8) is 0 Å². The topological polar surface area (TPSA) is 42.0 Å². The van der Waals surface area contributed by atoms with Crippen LogP contribution in [0.25, 0.3) is 0 Å². The number of hydrogen-bond donors (Lipinski definition) is 2. The van der Waals surface area contributed by atoms with Gasteiger partial charge in [-0.15, -0.1) is 12.6 Å². The molecular formula is C14H14N2OS. The van der Waals surface area contributed by atoms with Crippen LogP contribution in [0.15, 0.2) is 53.6 Å². The summed E-state index contributed by atoms with van der Waals surface area (Å²) in [6.45, 7) is 1.90. The fraction of sp³-hybridized carbons (Fsp3) is 0.143. The first-order chi connectivity index (χ1) is 8.68. The summed E-state index contributed by atoms with van der Waals surface area (Å²) >= 11 is 4.27. The van der Waals surface area contributed by atoms with Crippen LogP contribution in [0.1, 0.15) is 29.0 Å². The lowest BCUT2D eigenvalue weighted by molar-refractivity contribution is 0.0936. The van der Waals surface area contributed by atoms with Crippen molar-refractivity contribution in [2.24, 2.45) is 0 Å². The third-order valence-corrected chi connectivity index (χ3v) is 3.02. The Hall–Kier alpha value is -1.81. The summed E-state index contributed by atoms with van der Waals surface area (Å²) in [5, 5.41) is 2.90. The molecule has 0 aliphatic rings. The number of rotatable bonds is 3. The number of benzene rings is 1. The van der Waals surface area contributed by atoms with Gasteiger partial charge in [0.25, 0.3) is 5.91 Å². The standard InChI is InChI=1S/C14H14N2OS/c1-10(12-7-4-5-9-15-12)16-14(17)11-6-2-3-8-13(11)18/h2-10,18H,1H3,(H,16,17). The Kier molecular flexibility index (Phi) is 3.99. The van der Waals surface area contributed by atoms with E-state index < -0.39 is 0 Å². The smallest absolute Gasteiger partial charge is 0.252 e. The number of amides is 1. The summed E-state index contributed by atoms with van der Waals surface area (Å²) in [7, 11) is 0. The molecule has 4 heteroatoms. The molecule has 1 atom stereocenters. The minimum Gasteiger partial charge on any atom is -0.344 e. The monoisotopic (exact) mass is 258 g/mol. The Morgan fingerprint density at radius 2 is 1.94 bits per heavy atom. The number of thiol groups is 1. The molecule has 1 aromatic heterocycles. The van der Waals surface area contributed by atoms with Crippen molar-refractivity contribution in [2.75, 3.05) is 0 Å². The second-order valence-electron chi connectivity index (χ2n) is 3.97. The molecule has 92 valence electrons. The lowest BCUT2D eigenvalue weighted by atomic mass is 10.1. The van der Waals surface area contributed by atoms with Crippen LogP contribution in [0.3, 0.4) is 0 Å². The van der Waals surface area contributed by atoms with Gasteiger partial charge in [-0.3, -0.25) is 9.78 Å². The number of nitrogens with zero attached hydrogens (tertiary/aromatic N) is 1. The lowest BCUT2D eigenvalue weighted by Crippen LogP contribution is -2.27. The van der Waals surface area contributed by atoms with Crippen molar-refractivity contribution < 1.29 is 4.79 Å². The van der Waals surface area contributed by atoms with Crippen molar-refractivity contribution in [1.29, 1.82) is 0 Å². The Balaban J connectivity index is 2.11. The summed E-state index contributed by atoms with van der Waals surface area (Å²) in [4.78, 5) is 16.9. The second kappa shape index (κ2) is 5.69. The average molecular weight is 258 g/mol. The number of aromatic nitrogens is 1. The molecule has 1 aromatic carbocycles. The van der Waals surface area contributed by atoms with Crippen molar-refractivity contribution in [3.05, 3.63) is 59.9 Å². The minimum atomic E-state index is -0.140. The maximum Gasteiger partial charge on any atom is 0.252 e. The van der Waals surface area contributed by atoms with Gasteiger partial charge in [0.2, 0.25) is 0 Å². The van der Waals surface area contributed by atoms with Crippen LogP contribution >= 0.6 is 12.6 Å². The number of carbonyl (C=O) groups is 1. The van der Waals surface area contributed by atoms with Gasteiger partial charge in [0.15, 0.2) is 0 Å². The third kappa shape index (κ3) is 2.90. The van der Waals surface area contributed by atoms with E-state index in [2.05, 4.69) is 22.9 Å². The molecule has 0 bridgehead atoms. The molecule has 0 radical (unpaired) electrons. The molecule has 0 aliphatic carbocycles. The third-order valence-electron chi connectivity index (χ3n) is 2.63. The van der Waals surface area contributed by atoms with Gasteiger partial charge in [-0.25, -0.2) is 0 Å². The molecule has 0 spiro atoms. The molecule has 0 saturated carbocycles. The van der Waals surface area contributed by atoms with Gasteiger partial charge in [0.1, 0.15) is 0 Å². The zero-order valence-corrected chi connectivity index (χ0v) is 10.9. The van der Waals surface area contributed by atoms with Crippen molar-refractivity contribution >= 4 is 18.5 Å². The molecule has 1 N–H and O–H groups in total. The van der Waals surface area contributed by atoms with Crippen molar-refractivity contribution in [3.8, 4) is 0 Å². The zero-order valence-electron chi connectivity index (χ0n) is 10.00. The van der Waals surface area contributed by atoms with Crippen LogP contribution in [-0.4, -0.2) is 10.9 Å². The normalized spacial score (nSPS) is 11.9. The maximum absolute atomic E-state index is 12.1. The van der Waals surface area contributed by atoms with E-state index in [1.807, 2.05) is 37.3 Å². The van der Waals surface area contributed by atoms with E-state index in [9.17, 15) is 4.79 Å². The highest BCUT2D eigenvalue weighted by atomic mass is 32.1. The lowest BCUT2D eigenvalue weighted by Gasteiger charge is -2.14. The first kappa shape index (κ1) is 12.6. The van der Waals surface area contributed by atoms with E-state index >= 15 is 0 Å². The summed E-state index contributed by atoms with van der Waals surface area (Å²) in [5.41, 5.74) is 1.41. The van der Waals surface area contributed by atoms with Gasteiger partial charge >= 0.3 is 0 Å². The van der Waals surface area contributed by atoms with Crippen molar-refractivity contribution in [2.45, 2.75) is 17.9 Å². The summed E-state index contributed by atoms with van der Waals surface area (Å²) in [6, 6.07) is 12.7. The maximum atomic E-state index is 12.1. The molecule has 1 heterocycles. The molecule has 2 aromatic rings. The number of nitrogens with one attached hydrogen (secondary N) is 1. The van der Waals surface area contributed by atoms with E-state index in [0.717, 1.165) is 5.69 Å². The fourth-order valence-electron chi connectivity index (χ4n) is 1.65. The molecule has 2 rings (SSSR count). The van der Waals surface area contributed by atoms with E-state index in [1.54, 1.807) is 18.3 Å². The van der Waals surface area contributed by atoms with Crippen LogP contribution in [0.4, 0.5) is 0 Å². The quantitative estimate of drug-likeness (QED) is 0.831. The van der Waals surface area contributed by atoms with Gasteiger partial charge in [-0.2, -0.15) is 0 Å². The summed E-state index contributed by atoms with van der Waals surface area (Å²) in [6.07, 6.45) is 1.71. The first-order valence-electron chi connectivity index (χ1n) is 5.68. The average Bonchev–Trinajstić information content (AvgIpc) is 2.40. The molecule has 18 heavy (non-hydrogen) atoms. The van der Waals surface area contributed by atoms with Crippen molar-refractivity contribution in [1.82, 2.24) is 10.3 Å². The van der Waals surface area contributed by atoms with Crippen LogP contribution in [-0.2, 0) is 0 Å². The summed E-state index contributed by atoms with van der Waals surface area (Å²) < 4.78 is 0. The highest BCUT2D eigenvalue weighted by Gasteiger charge is 2.13. The molecule has 1 amide bonds. The first-order valence-corrected chi connectivity index (χ1v) is 6.13. The van der Waals surface area contributed by atoms with Crippen LogP contribution in [0.2, 0.25) is 0 Å². The number of carbonyl (C=O) groups excluding carboxylic acids is 1. The van der Waals surface area contributed by atoms with E-state index in [-0.39, 0.29) is 11.9 Å². The van der Waals surface area contributed by atoms with Crippen LogP contribution in [0.5, 0.6) is 0 Å². The predicted octanol–water partition coefficient (Wildman–Crippen LogP) is 2.86. The molecule has 1 unspecified atom stereocenters. The molecular weight excluding hydrogens is 244 g/mol. The minimum absolute atomic E-state index is 0.133. The molecule has 0 fully saturated rings. The van der Waals surface area contributed by atoms with Gasteiger partial charge < -0.3 is 5.32 Å². The van der Waals surface area contributed by atoms with E-state index in [4.69, 9.17) is 0 Å². The fourth-order valence-corrected chi connectivity index (χ4v) is 1.91. The largest absolute Gasteiger partial charge is 0.344 e. The second-order valence-corrected chi connectivity index (χ2v) is 4.45. The highest BCUT2D eigenvalue weighted by molar-refractivity contribution is 7.80. The Labute approximate surface area is 112 Å². The van der Waals surface area contributed by atoms with Gasteiger partial charge in [-0.1, -0.05) is 18.2 Å². The number of hydrogen-bond acceptors (Lipinski definition) is 3. The molecule has 0 saturated heterocycles. The van der Waals surface area contributed by atoms with Crippen LogP contribution < -0.4 is 5.32 Å². The summed E-state index contributed by atoms with van der Waals surface area (Å²) in [5.74, 6) is -0.140.